The molecule has 0 radical (unpaired) electrons. The van der Waals surface area contributed by atoms with E-state index >= 15 is 0 Å². The molecule has 5 heteroatoms. The molecular weight excluding hydrogens is 202 g/mol. The third kappa shape index (κ3) is 3.51. The Balaban J connectivity index is 2.28. The van der Waals surface area contributed by atoms with Gasteiger partial charge in [-0.3, -0.25) is 0 Å². The number of thiocarbonyl (C=S) groups is 1. The van der Waals surface area contributed by atoms with Crippen molar-refractivity contribution in [3.63, 3.8) is 0 Å². The zero-order valence-electron chi connectivity index (χ0n) is 7.69. The molecule has 0 spiro atoms. The normalized spacial score (nSPS) is 18.3. The fraction of sp³-hybridized carbons (Fsp3) is 0.750. The summed E-state index contributed by atoms with van der Waals surface area (Å²) in [7, 11) is 2.11. The van der Waals surface area contributed by atoms with E-state index in [0.29, 0.717) is 5.75 Å². The smallest absolute Gasteiger partial charge is 0.137 e. The molecule has 1 rings (SSSR count). The lowest BCUT2D eigenvalue weighted by Gasteiger charge is -2.33. The van der Waals surface area contributed by atoms with Crippen LogP contribution >= 0.6 is 24.0 Å². The third-order valence-corrected chi connectivity index (χ3v) is 3.41. The first-order valence-corrected chi connectivity index (χ1v) is 5.60. The van der Waals surface area contributed by atoms with E-state index in [4.69, 9.17) is 17.5 Å². The van der Waals surface area contributed by atoms with Crippen molar-refractivity contribution in [1.29, 1.82) is 5.26 Å². The minimum atomic E-state index is 0.463. The van der Waals surface area contributed by atoms with E-state index in [1.54, 1.807) is 0 Å². The first-order chi connectivity index (χ1) is 6.24. The number of hydrogen-bond donors (Lipinski definition) is 0. The van der Waals surface area contributed by atoms with Crippen LogP contribution in [0, 0.1) is 11.3 Å². The molecule has 0 saturated carbocycles. The number of thioether (sulfide) groups is 1. The summed E-state index contributed by atoms with van der Waals surface area (Å²) in [6.07, 6.45) is 0. The molecular formula is C8H13N3S2. The molecule has 1 heterocycles. The van der Waals surface area contributed by atoms with Crippen LogP contribution in [0.15, 0.2) is 0 Å². The third-order valence-electron chi connectivity index (χ3n) is 2.02. The van der Waals surface area contributed by atoms with Crippen molar-refractivity contribution in [2.75, 3.05) is 39.0 Å². The van der Waals surface area contributed by atoms with E-state index in [-0.39, 0.29) is 0 Å². The lowest BCUT2D eigenvalue weighted by atomic mass is 10.4. The van der Waals surface area contributed by atoms with Crippen molar-refractivity contribution in [2.24, 2.45) is 0 Å². The van der Waals surface area contributed by atoms with Crippen LogP contribution in [0.4, 0.5) is 0 Å². The second-order valence-electron chi connectivity index (χ2n) is 3.00. The quantitative estimate of drug-likeness (QED) is 0.603. The van der Waals surface area contributed by atoms with E-state index in [1.165, 1.54) is 11.8 Å². The highest BCUT2D eigenvalue weighted by atomic mass is 32.2. The average molecular weight is 215 g/mol. The second kappa shape index (κ2) is 5.43. The minimum absolute atomic E-state index is 0.463. The van der Waals surface area contributed by atoms with Gasteiger partial charge in [0, 0.05) is 26.2 Å². The van der Waals surface area contributed by atoms with E-state index in [0.717, 1.165) is 30.5 Å². The largest absolute Gasteiger partial charge is 0.355 e. The highest BCUT2D eigenvalue weighted by Gasteiger charge is 2.15. The van der Waals surface area contributed by atoms with Gasteiger partial charge in [-0.25, -0.2) is 0 Å². The fourth-order valence-corrected chi connectivity index (χ4v) is 2.09. The molecule has 1 aliphatic rings. The summed E-state index contributed by atoms with van der Waals surface area (Å²) in [6.45, 7) is 4.11. The van der Waals surface area contributed by atoms with Gasteiger partial charge in [-0.1, -0.05) is 24.0 Å². The van der Waals surface area contributed by atoms with Crippen molar-refractivity contribution in [1.82, 2.24) is 9.80 Å². The van der Waals surface area contributed by atoms with Crippen LogP contribution in [0.2, 0.25) is 0 Å². The number of hydrogen-bond acceptors (Lipinski definition) is 4. The van der Waals surface area contributed by atoms with Crippen LogP contribution in [0.25, 0.3) is 0 Å². The Labute approximate surface area is 88.7 Å². The van der Waals surface area contributed by atoms with Crippen molar-refractivity contribution >= 4 is 28.3 Å². The summed E-state index contributed by atoms with van der Waals surface area (Å²) in [6, 6.07) is 2.08. The van der Waals surface area contributed by atoms with Crippen LogP contribution in [0.1, 0.15) is 0 Å². The maximum Gasteiger partial charge on any atom is 0.137 e. The minimum Gasteiger partial charge on any atom is -0.355 e. The Morgan fingerprint density at radius 3 is 2.62 bits per heavy atom. The molecule has 0 bridgehead atoms. The summed E-state index contributed by atoms with van der Waals surface area (Å²) < 4.78 is 0.870. The van der Waals surface area contributed by atoms with Crippen molar-refractivity contribution in [3.05, 3.63) is 0 Å². The molecule has 72 valence electrons. The van der Waals surface area contributed by atoms with Gasteiger partial charge in [-0.2, -0.15) is 5.26 Å². The summed E-state index contributed by atoms with van der Waals surface area (Å²) in [5.41, 5.74) is 0. The predicted molar refractivity (Wildman–Crippen MR) is 59.7 cm³/mol. The first kappa shape index (κ1) is 10.8. The number of piperazine rings is 1. The molecule has 0 aliphatic carbocycles. The molecule has 0 unspecified atom stereocenters. The summed E-state index contributed by atoms with van der Waals surface area (Å²) in [4.78, 5) is 4.46. The van der Waals surface area contributed by atoms with Gasteiger partial charge >= 0.3 is 0 Å². The van der Waals surface area contributed by atoms with Gasteiger partial charge in [0.2, 0.25) is 0 Å². The van der Waals surface area contributed by atoms with E-state index in [9.17, 15) is 0 Å². The molecule has 0 atom stereocenters. The SMILES string of the molecule is CN1CCN(C(=S)SCC#N)CC1. The molecule has 0 amide bonds. The van der Waals surface area contributed by atoms with Crippen LogP contribution in [-0.2, 0) is 0 Å². The van der Waals surface area contributed by atoms with Crippen molar-refractivity contribution in [2.45, 2.75) is 0 Å². The van der Waals surface area contributed by atoms with Crippen molar-refractivity contribution in [3.8, 4) is 6.07 Å². The number of rotatable bonds is 1. The van der Waals surface area contributed by atoms with Gasteiger partial charge in [0.25, 0.3) is 0 Å². The monoisotopic (exact) mass is 215 g/mol. The lowest BCUT2D eigenvalue weighted by Crippen LogP contribution is -2.45. The fourth-order valence-electron chi connectivity index (χ4n) is 1.17. The molecule has 1 aliphatic heterocycles. The summed E-state index contributed by atoms with van der Waals surface area (Å²) >= 11 is 6.66. The highest BCUT2D eigenvalue weighted by Crippen LogP contribution is 2.10. The maximum absolute atomic E-state index is 8.40. The second-order valence-corrected chi connectivity index (χ2v) is 4.61. The van der Waals surface area contributed by atoms with Gasteiger partial charge in [0.1, 0.15) is 4.32 Å². The molecule has 3 nitrogen and oxygen atoms in total. The van der Waals surface area contributed by atoms with Gasteiger partial charge in [0.15, 0.2) is 0 Å². The predicted octanol–water partition coefficient (Wildman–Crippen LogP) is 0.775. The standard InChI is InChI=1S/C8H13N3S2/c1-10-3-5-11(6-4-10)8(12)13-7-2-9/h3-7H2,1H3. The Kier molecular flexibility index (Phi) is 4.50. The van der Waals surface area contributed by atoms with Crippen LogP contribution < -0.4 is 0 Å². The van der Waals surface area contributed by atoms with Gasteiger partial charge in [-0.15, -0.1) is 0 Å². The molecule has 0 aromatic carbocycles. The van der Waals surface area contributed by atoms with Gasteiger partial charge < -0.3 is 9.80 Å². The van der Waals surface area contributed by atoms with Crippen LogP contribution in [0.5, 0.6) is 0 Å². The summed E-state index contributed by atoms with van der Waals surface area (Å²) in [5.74, 6) is 0.463. The molecule has 0 N–H and O–H groups in total. The zero-order valence-corrected chi connectivity index (χ0v) is 9.33. The first-order valence-electron chi connectivity index (χ1n) is 4.21. The molecule has 1 saturated heterocycles. The Morgan fingerprint density at radius 1 is 1.46 bits per heavy atom. The average Bonchev–Trinajstić information content (AvgIpc) is 2.15. The molecule has 1 fully saturated rings. The Bertz CT molecular complexity index is 216. The van der Waals surface area contributed by atoms with E-state index in [2.05, 4.69) is 22.9 Å². The van der Waals surface area contributed by atoms with Gasteiger partial charge in [0.05, 0.1) is 11.8 Å². The highest BCUT2D eigenvalue weighted by molar-refractivity contribution is 8.23. The van der Waals surface area contributed by atoms with E-state index < -0.39 is 0 Å². The summed E-state index contributed by atoms with van der Waals surface area (Å²) in [5, 5.41) is 8.40. The lowest BCUT2D eigenvalue weighted by molar-refractivity contribution is 0.220. The Hall–Kier alpha value is -0.310. The molecule has 0 aromatic heterocycles. The van der Waals surface area contributed by atoms with E-state index in [1.807, 2.05) is 0 Å². The Morgan fingerprint density at radius 2 is 2.08 bits per heavy atom. The van der Waals surface area contributed by atoms with Gasteiger partial charge in [-0.05, 0) is 7.05 Å². The maximum atomic E-state index is 8.40. The topological polar surface area (TPSA) is 30.3 Å². The van der Waals surface area contributed by atoms with Crippen molar-refractivity contribution < 1.29 is 0 Å². The van der Waals surface area contributed by atoms with Crippen LogP contribution in [0.3, 0.4) is 0 Å². The number of likely N-dealkylation sites (N-methyl/N-ethyl adjacent to an activating group) is 1. The zero-order chi connectivity index (χ0) is 9.68. The van der Waals surface area contributed by atoms with Crippen LogP contribution in [-0.4, -0.2) is 53.1 Å². The molecule has 13 heavy (non-hydrogen) atoms. The number of nitriles is 1. The number of nitrogens with zero attached hydrogens (tertiary/aromatic N) is 3. The molecule has 0 aromatic rings.